The van der Waals surface area contributed by atoms with Gasteiger partial charge in [0.1, 0.15) is 11.9 Å². The molecule has 172 valence electrons. The van der Waals surface area contributed by atoms with Gasteiger partial charge >= 0.3 is 0 Å². The van der Waals surface area contributed by atoms with Gasteiger partial charge in [-0.05, 0) is 42.3 Å². The van der Waals surface area contributed by atoms with E-state index in [4.69, 9.17) is 0 Å². The highest BCUT2D eigenvalue weighted by molar-refractivity contribution is 7.98. The highest BCUT2D eigenvalue weighted by Gasteiger charge is 2.26. The molecule has 0 saturated heterocycles. The number of benzene rings is 2. The van der Waals surface area contributed by atoms with Crippen LogP contribution in [0.5, 0.6) is 0 Å². The monoisotopic (exact) mass is 457 g/mol. The van der Waals surface area contributed by atoms with Crippen LogP contribution in [0.25, 0.3) is 0 Å². The van der Waals surface area contributed by atoms with E-state index in [0.717, 1.165) is 24.1 Å². The molecule has 1 heterocycles. The summed E-state index contributed by atoms with van der Waals surface area (Å²) in [4.78, 5) is 24.9. The molecule has 3 N–H and O–H groups in total. The van der Waals surface area contributed by atoms with Crippen LogP contribution in [0.3, 0.4) is 0 Å². The zero-order chi connectivity index (χ0) is 22.8. The van der Waals surface area contributed by atoms with E-state index in [0.29, 0.717) is 29.3 Å². The van der Waals surface area contributed by atoms with Crippen LogP contribution < -0.4 is 16.0 Å². The zero-order valence-electron chi connectivity index (χ0n) is 18.6. The highest BCUT2D eigenvalue weighted by atomic mass is 32.2. The van der Waals surface area contributed by atoms with Crippen molar-refractivity contribution in [2.24, 2.45) is 0 Å². The molecule has 1 atom stereocenters. The second kappa shape index (κ2) is 12.5. The first kappa shape index (κ1) is 24.1. The predicted molar refractivity (Wildman–Crippen MR) is 131 cm³/mol. The van der Waals surface area contributed by atoms with Crippen molar-refractivity contribution in [3.8, 4) is 0 Å². The lowest BCUT2D eigenvalue weighted by Crippen LogP contribution is -2.40. The summed E-state index contributed by atoms with van der Waals surface area (Å²) in [6.45, 7) is 2.86. The van der Waals surface area contributed by atoms with Crippen molar-refractivity contribution < 1.29 is 14.0 Å². The first-order chi connectivity index (χ1) is 15.6. The molecule has 0 spiro atoms. The third-order valence-corrected chi connectivity index (χ3v) is 6.55. The van der Waals surface area contributed by atoms with Crippen LogP contribution in [0.4, 0.5) is 15.8 Å². The maximum absolute atomic E-state index is 13.3. The number of thioether (sulfide) groups is 1. The minimum atomic E-state index is -0.381. The van der Waals surface area contributed by atoms with Gasteiger partial charge in [0.15, 0.2) is 0 Å². The Labute approximate surface area is 193 Å². The number of halogens is 1. The molecule has 0 aliphatic carbocycles. The molecule has 0 fully saturated rings. The van der Waals surface area contributed by atoms with Gasteiger partial charge in [-0.2, -0.15) is 11.8 Å². The topological polar surface area (TPSA) is 70.2 Å². The van der Waals surface area contributed by atoms with E-state index >= 15 is 0 Å². The fourth-order valence-corrected chi connectivity index (χ4v) is 4.64. The van der Waals surface area contributed by atoms with E-state index < -0.39 is 0 Å². The fourth-order valence-electron chi connectivity index (χ4n) is 3.64. The van der Waals surface area contributed by atoms with Gasteiger partial charge < -0.3 is 16.0 Å². The average Bonchev–Trinajstić information content (AvgIpc) is 2.78. The maximum atomic E-state index is 13.3. The van der Waals surface area contributed by atoms with Gasteiger partial charge in [-0.1, -0.05) is 51.2 Å². The minimum Gasteiger partial charge on any atom is -0.371 e. The van der Waals surface area contributed by atoms with Crippen LogP contribution in [-0.2, 0) is 10.5 Å². The highest BCUT2D eigenvalue weighted by Crippen LogP contribution is 2.29. The van der Waals surface area contributed by atoms with Crippen molar-refractivity contribution in [3.63, 3.8) is 0 Å². The van der Waals surface area contributed by atoms with Crippen LogP contribution >= 0.6 is 11.8 Å². The number of carbonyl (C=O) groups is 2. The van der Waals surface area contributed by atoms with E-state index in [1.54, 1.807) is 30.0 Å². The molecular formula is C25H32FN3O2S. The molecule has 5 nitrogen and oxygen atoms in total. The van der Waals surface area contributed by atoms with Gasteiger partial charge in [-0.3, -0.25) is 9.59 Å². The molecule has 0 bridgehead atoms. The number of amides is 2. The van der Waals surface area contributed by atoms with Gasteiger partial charge in [-0.15, -0.1) is 0 Å². The van der Waals surface area contributed by atoms with Crippen molar-refractivity contribution >= 4 is 35.0 Å². The molecule has 2 amide bonds. The second-order valence-corrected chi connectivity index (χ2v) is 9.15. The summed E-state index contributed by atoms with van der Waals surface area (Å²) in [6.07, 6.45) is 7.08. The number of rotatable bonds is 12. The lowest BCUT2D eigenvalue weighted by atomic mass is 10.1. The Kier molecular flexibility index (Phi) is 9.41. The van der Waals surface area contributed by atoms with E-state index in [1.807, 2.05) is 12.1 Å². The van der Waals surface area contributed by atoms with Crippen molar-refractivity contribution in [1.29, 1.82) is 0 Å². The van der Waals surface area contributed by atoms with Crippen LogP contribution in [0.15, 0.2) is 42.5 Å². The molecule has 2 aromatic carbocycles. The lowest BCUT2D eigenvalue weighted by Gasteiger charge is -2.27. The van der Waals surface area contributed by atoms with E-state index in [1.165, 1.54) is 37.8 Å². The summed E-state index contributed by atoms with van der Waals surface area (Å²) in [6, 6.07) is 11.4. The fraction of sp³-hybridized carbons (Fsp3) is 0.440. The molecule has 3 rings (SSSR count). The molecule has 0 aromatic heterocycles. The first-order valence-electron chi connectivity index (χ1n) is 11.4. The number of hydrogen-bond donors (Lipinski definition) is 3. The van der Waals surface area contributed by atoms with Gasteiger partial charge in [-0.25, -0.2) is 4.39 Å². The molecule has 2 aromatic rings. The number of hydrogen-bond acceptors (Lipinski definition) is 4. The average molecular weight is 458 g/mol. The number of fused-ring (bicyclic) bond motifs is 1. The predicted octanol–water partition coefficient (Wildman–Crippen LogP) is 5.58. The molecule has 1 aliphatic heterocycles. The van der Waals surface area contributed by atoms with Gasteiger partial charge in [0.2, 0.25) is 5.91 Å². The standard InChI is InChI=1S/C25H32FN3O2S/c1-2-3-4-5-6-7-13-27-24(30)19-11-12-21-22(15-19)29-25(31)23(28-21)17-32-16-18-9-8-10-20(26)14-18/h8-12,14-15,23,28H,2-7,13,16-17H2,1H3,(H,27,30)(H,29,31). The number of nitrogens with one attached hydrogen (secondary N) is 3. The van der Waals surface area contributed by atoms with Crippen LogP contribution in [0.2, 0.25) is 0 Å². The number of carbonyl (C=O) groups excluding carboxylic acids is 2. The Hall–Kier alpha value is -2.54. The Morgan fingerprint density at radius 3 is 2.69 bits per heavy atom. The smallest absolute Gasteiger partial charge is 0.251 e. The van der Waals surface area contributed by atoms with E-state index in [9.17, 15) is 14.0 Å². The summed E-state index contributed by atoms with van der Waals surface area (Å²) in [5.74, 6) is 0.686. The Morgan fingerprint density at radius 1 is 1.06 bits per heavy atom. The van der Waals surface area contributed by atoms with Crippen molar-refractivity contribution in [3.05, 3.63) is 59.4 Å². The quantitative estimate of drug-likeness (QED) is 0.364. The maximum Gasteiger partial charge on any atom is 0.251 e. The van der Waals surface area contributed by atoms with Crippen molar-refractivity contribution in [2.75, 3.05) is 22.9 Å². The number of unbranched alkanes of at least 4 members (excludes halogenated alkanes) is 5. The third kappa shape index (κ3) is 7.26. The number of anilines is 2. The Morgan fingerprint density at radius 2 is 1.88 bits per heavy atom. The summed E-state index contributed by atoms with van der Waals surface area (Å²) >= 11 is 1.57. The molecule has 7 heteroatoms. The summed E-state index contributed by atoms with van der Waals surface area (Å²) < 4.78 is 13.3. The largest absolute Gasteiger partial charge is 0.371 e. The van der Waals surface area contributed by atoms with Crippen LogP contribution in [0, 0.1) is 5.82 Å². The zero-order valence-corrected chi connectivity index (χ0v) is 19.4. The van der Waals surface area contributed by atoms with Gasteiger partial charge in [0.05, 0.1) is 11.4 Å². The normalized spacial score (nSPS) is 14.9. The summed E-state index contributed by atoms with van der Waals surface area (Å²) in [5, 5.41) is 9.11. The van der Waals surface area contributed by atoms with Crippen LogP contribution in [-0.4, -0.2) is 30.2 Å². The molecule has 1 aliphatic rings. The van der Waals surface area contributed by atoms with E-state index in [2.05, 4.69) is 22.9 Å². The third-order valence-electron chi connectivity index (χ3n) is 5.44. The van der Waals surface area contributed by atoms with Crippen molar-refractivity contribution in [1.82, 2.24) is 5.32 Å². The molecule has 0 saturated carbocycles. The lowest BCUT2D eigenvalue weighted by molar-refractivity contribution is -0.116. The molecular weight excluding hydrogens is 425 g/mol. The van der Waals surface area contributed by atoms with Crippen LogP contribution in [0.1, 0.15) is 61.4 Å². The van der Waals surface area contributed by atoms with Gasteiger partial charge in [0, 0.05) is 23.6 Å². The molecule has 32 heavy (non-hydrogen) atoms. The van der Waals surface area contributed by atoms with Crippen molar-refractivity contribution in [2.45, 2.75) is 57.2 Å². The Bertz CT molecular complexity index is 922. The molecule has 0 radical (unpaired) electrons. The SMILES string of the molecule is CCCCCCCCNC(=O)c1ccc2c(c1)NC(=O)C(CSCc1cccc(F)c1)N2. The first-order valence-corrected chi connectivity index (χ1v) is 12.5. The summed E-state index contributed by atoms with van der Waals surface area (Å²) in [7, 11) is 0. The van der Waals surface area contributed by atoms with E-state index in [-0.39, 0.29) is 23.7 Å². The molecule has 1 unspecified atom stereocenters. The second-order valence-electron chi connectivity index (χ2n) is 8.12. The minimum absolute atomic E-state index is 0.122. The van der Waals surface area contributed by atoms with Gasteiger partial charge in [0.25, 0.3) is 5.91 Å². The Balaban J connectivity index is 1.45. The summed E-state index contributed by atoms with van der Waals surface area (Å²) in [5.41, 5.74) is 2.85.